The largest absolute Gasteiger partial charge is 0.497 e. The third kappa shape index (κ3) is 2.84. The normalized spacial score (nSPS) is 19.2. The average Bonchev–Trinajstić information content (AvgIpc) is 3.06. The summed E-state index contributed by atoms with van der Waals surface area (Å²) in [4.78, 5) is 4.15. The van der Waals surface area contributed by atoms with Crippen molar-refractivity contribution in [3.8, 4) is 5.75 Å². The highest BCUT2D eigenvalue weighted by molar-refractivity contribution is 7.89. The topological polar surface area (TPSA) is 59.5 Å². The molecule has 0 bridgehead atoms. The van der Waals surface area contributed by atoms with Gasteiger partial charge in [0.15, 0.2) is 0 Å². The molecule has 0 N–H and O–H groups in total. The molecule has 5 nitrogen and oxygen atoms in total. The molecule has 1 saturated heterocycles. The summed E-state index contributed by atoms with van der Waals surface area (Å²) in [7, 11) is -1.81. The highest BCUT2D eigenvalue weighted by atomic mass is 32.2. The van der Waals surface area contributed by atoms with Crippen LogP contribution in [0.5, 0.6) is 5.75 Å². The molecule has 1 aromatic heterocycles. The molecular formula is C16H18N2O3S. The molecule has 1 aliphatic rings. The van der Waals surface area contributed by atoms with Gasteiger partial charge in [0.25, 0.3) is 0 Å². The Morgan fingerprint density at radius 2 is 2.00 bits per heavy atom. The lowest BCUT2D eigenvalue weighted by molar-refractivity contribution is 0.414. The number of nitrogens with zero attached hydrogens (tertiary/aromatic N) is 2. The third-order valence-corrected chi connectivity index (χ3v) is 5.86. The Morgan fingerprint density at radius 1 is 1.23 bits per heavy atom. The molecule has 2 aromatic rings. The fourth-order valence-corrected chi connectivity index (χ4v) is 4.21. The van der Waals surface area contributed by atoms with Gasteiger partial charge in [-0.2, -0.15) is 4.31 Å². The van der Waals surface area contributed by atoms with Crippen LogP contribution in [0.2, 0.25) is 0 Å². The smallest absolute Gasteiger partial charge is 0.244 e. The number of hydrogen-bond donors (Lipinski definition) is 0. The summed E-state index contributed by atoms with van der Waals surface area (Å²) >= 11 is 0. The van der Waals surface area contributed by atoms with Crippen LogP contribution < -0.4 is 4.74 Å². The molecule has 0 aliphatic carbocycles. The zero-order chi connectivity index (χ0) is 15.6. The SMILES string of the molecule is COc1ccc(C2CCN(S(=O)(=O)c3cccnc3)C2)cc1. The van der Waals surface area contributed by atoms with Crippen molar-refractivity contribution in [1.29, 1.82) is 0 Å². The summed E-state index contributed by atoms with van der Waals surface area (Å²) in [6, 6.07) is 11.1. The zero-order valence-electron chi connectivity index (χ0n) is 12.3. The van der Waals surface area contributed by atoms with Gasteiger partial charge >= 0.3 is 0 Å². The molecular weight excluding hydrogens is 300 g/mol. The lowest BCUT2D eigenvalue weighted by Gasteiger charge is -2.16. The maximum absolute atomic E-state index is 12.6. The second-order valence-electron chi connectivity index (χ2n) is 5.31. The van der Waals surface area contributed by atoms with Gasteiger partial charge < -0.3 is 4.74 Å². The van der Waals surface area contributed by atoms with E-state index in [-0.39, 0.29) is 10.8 Å². The molecule has 1 fully saturated rings. The van der Waals surface area contributed by atoms with Crippen molar-refractivity contribution in [2.45, 2.75) is 17.2 Å². The first-order chi connectivity index (χ1) is 10.6. The standard InChI is InChI=1S/C16H18N2O3S/c1-21-15-6-4-13(5-7-15)14-8-10-18(12-14)22(19,20)16-3-2-9-17-11-16/h2-7,9,11,14H,8,10,12H2,1H3. The van der Waals surface area contributed by atoms with E-state index >= 15 is 0 Å². The molecule has 0 saturated carbocycles. The molecule has 1 aliphatic heterocycles. The monoisotopic (exact) mass is 318 g/mol. The summed E-state index contributed by atoms with van der Waals surface area (Å²) in [5.74, 6) is 1.03. The molecule has 0 radical (unpaired) electrons. The van der Waals surface area contributed by atoms with E-state index in [1.54, 1.807) is 29.7 Å². The van der Waals surface area contributed by atoms with Crippen molar-refractivity contribution in [2.24, 2.45) is 0 Å². The van der Waals surface area contributed by atoms with Crippen LogP contribution in [-0.2, 0) is 10.0 Å². The molecule has 2 heterocycles. The second kappa shape index (κ2) is 6.06. The van der Waals surface area contributed by atoms with Crippen LogP contribution in [-0.4, -0.2) is 37.9 Å². The van der Waals surface area contributed by atoms with Crippen molar-refractivity contribution in [3.05, 3.63) is 54.4 Å². The summed E-state index contributed by atoms with van der Waals surface area (Å²) < 4.78 is 31.8. The van der Waals surface area contributed by atoms with E-state index in [0.717, 1.165) is 17.7 Å². The number of methoxy groups -OCH3 is 1. The van der Waals surface area contributed by atoms with Crippen LogP contribution in [0.15, 0.2) is 53.7 Å². The summed E-state index contributed by atoms with van der Waals surface area (Å²) in [6.07, 6.45) is 3.80. The Kier molecular flexibility index (Phi) is 4.13. The summed E-state index contributed by atoms with van der Waals surface area (Å²) in [6.45, 7) is 1.04. The van der Waals surface area contributed by atoms with Crippen molar-refractivity contribution >= 4 is 10.0 Å². The first-order valence-corrected chi connectivity index (χ1v) is 8.59. The summed E-state index contributed by atoms with van der Waals surface area (Å²) in [5, 5.41) is 0. The quantitative estimate of drug-likeness (QED) is 0.867. The van der Waals surface area contributed by atoms with Crippen LogP contribution in [0.25, 0.3) is 0 Å². The number of hydrogen-bond acceptors (Lipinski definition) is 4. The van der Waals surface area contributed by atoms with Gasteiger partial charge in [0.1, 0.15) is 10.6 Å². The van der Waals surface area contributed by atoms with Gasteiger partial charge in [0.2, 0.25) is 10.0 Å². The lowest BCUT2D eigenvalue weighted by atomic mass is 9.99. The lowest BCUT2D eigenvalue weighted by Crippen LogP contribution is -2.28. The van der Waals surface area contributed by atoms with E-state index in [0.29, 0.717) is 13.1 Å². The molecule has 0 amide bonds. The number of rotatable bonds is 4. The van der Waals surface area contributed by atoms with Gasteiger partial charge in [-0.3, -0.25) is 4.98 Å². The number of sulfonamides is 1. The number of pyridine rings is 1. The van der Waals surface area contributed by atoms with Gasteiger partial charge in [-0.15, -0.1) is 0 Å². The van der Waals surface area contributed by atoms with Crippen LogP contribution in [0, 0.1) is 0 Å². The van der Waals surface area contributed by atoms with Gasteiger partial charge in [-0.1, -0.05) is 12.1 Å². The van der Waals surface area contributed by atoms with Gasteiger partial charge in [-0.25, -0.2) is 8.42 Å². The Bertz CT molecular complexity index is 730. The molecule has 1 unspecified atom stereocenters. The van der Waals surface area contributed by atoms with E-state index in [4.69, 9.17) is 4.74 Å². The molecule has 0 spiro atoms. The first kappa shape index (κ1) is 15.0. The minimum Gasteiger partial charge on any atom is -0.497 e. The second-order valence-corrected chi connectivity index (χ2v) is 7.25. The van der Waals surface area contributed by atoms with Gasteiger partial charge in [0.05, 0.1) is 7.11 Å². The van der Waals surface area contributed by atoms with Crippen LogP contribution >= 0.6 is 0 Å². The molecule has 116 valence electrons. The maximum Gasteiger partial charge on any atom is 0.244 e. The predicted molar refractivity (Wildman–Crippen MR) is 83.3 cm³/mol. The van der Waals surface area contributed by atoms with Crippen LogP contribution in [0.4, 0.5) is 0 Å². The molecule has 6 heteroatoms. The molecule has 1 atom stereocenters. The Hall–Kier alpha value is -1.92. The fourth-order valence-electron chi connectivity index (χ4n) is 2.74. The van der Waals surface area contributed by atoms with E-state index in [1.807, 2.05) is 24.3 Å². The minimum atomic E-state index is -3.45. The minimum absolute atomic E-state index is 0.220. The third-order valence-electron chi connectivity index (χ3n) is 4.01. The van der Waals surface area contributed by atoms with Crippen molar-refractivity contribution in [3.63, 3.8) is 0 Å². The van der Waals surface area contributed by atoms with Crippen molar-refractivity contribution in [2.75, 3.05) is 20.2 Å². The average molecular weight is 318 g/mol. The van der Waals surface area contributed by atoms with Crippen molar-refractivity contribution < 1.29 is 13.2 Å². The van der Waals surface area contributed by atoms with E-state index in [1.165, 1.54) is 6.20 Å². The molecule has 1 aromatic carbocycles. The summed E-state index contributed by atoms with van der Waals surface area (Å²) in [5.41, 5.74) is 1.14. The fraction of sp³-hybridized carbons (Fsp3) is 0.312. The van der Waals surface area contributed by atoms with E-state index < -0.39 is 10.0 Å². The first-order valence-electron chi connectivity index (χ1n) is 7.15. The van der Waals surface area contributed by atoms with Gasteiger partial charge in [-0.05, 0) is 42.2 Å². The van der Waals surface area contributed by atoms with E-state index in [9.17, 15) is 8.42 Å². The molecule has 22 heavy (non-hydrogen) atoms. The predicted octanol–water partition coefficient (Wildman–Crippen LogP) is 2.27. The highest BCUT2D eigenvalue weighted by Gasteiger charge is 2.33. The van der Waals surface area contributed by atoms with Gasteiger partial charge in [0, 0.05) is 25.5 Å². The van der Waals surface area contributed by atoms with Crippen LogP contribution in [0.3, 0.4) is 0 Å². The Labute approximate surface area is 130 Å². The maximum atomic E-state index is 12.6. The van der Waals surface area contributed by atoms with Crippen LogP contribution in [0.1, 0.15) is 17.9 Å². The number of ether oxygens (including phenoxy) is 1. The number of aromatic nitrogens is 1. The van der Waals surface area contributed by atoms with Crippen molar-refractivity contribution in [1.82, 2.24) is 9.29 Å². The molecule has 3 rings (SSSR count). The zero-order valence-corrected chi connectivity index (χ0v) is 13.2. The highest BCUT2D eigenvalue weighted by Crippen LogP contribution is 2.31. The Balaban J connectivity index is 1.77. The Morgan fingerprint density at radius 3 is 2.64 bits per heavy atom. The number of benzene rings is 1. The van der Waals surface area contributed by atoms with E-state index in [2.05, 4.69) is 4.98 Å².